The normalized spacial score (nSPS) is 11.8. The summed E-state index contributed by atoms with van der Waals surface area (Å²) in [6, 6.07) is 22.8. The predicted molar refractivity (Wildman–Crippen MR) is 117 cm³/mol. The van der Waals surface area contributed by atoms with Crippen molar-refractivity contribution in [3.63, 3.8) is 0 Å². The summed E-state index contributed by atoms with van der Waals surface area (Å²) in [7, 11) is -4.96. The number of hydrogen-bond acceptors (Lipinski definition) is 6. The molecule has 0 aliphatic heterocycles. The van der Waals surface area contributed by atoms with Crippen molar-refractivity contribution in [2.24, 2.45) is 0 Å². The first kappa shape index (κ1) is 25.1. The second kappa shape index (κ2) is 11.4. The van der Waals surface area contributed by atoms with E-state index < -0.39 is 21.3 Å². The van der Waals surface area contributed by atoms with E-state index in [0.29, 0.717) is 0 Å². The van der Waals surface area contributed by atoms with Gasteiger partial charge in [0.25, 0.3) is 10.1 Å². The standard InChI is InChI=1S/C22H20O7S.Na.H/c23-21(22(24)30(25,26)27)18-11-19(28-14-16-7-3-1-4-8-16)13-20(12-18)29-15-17-9-5-2-6-10-17;;/h1-13,22,24H,14-15H2,(H,25,26,27);;. The summed E-state index contributed by atoms with van der Waals surface area (Å²) in [6.45, 7) is 0.412. The fourth-order valence-corrected chi connectivity index (χ4v) is 3.05. The Labute approximate surface area is 202 Å². The van der Waals surface area contributed by atoms with Crippen molar-refractivity contribution in [3.8, 4) is 11.5 Å². The maximum absolute atomic E-state index is 12.3. The molecule has 3 aromatic carbocycles. The van der Waals surface area contributed by atoms with Crippen molar-refractivity contribution in [3.05, 3.63) is 95.6 Å². The van der Waals surface area contributed by atoms with E-state index in [2.05, 4.69) is 0 Å². The van der Waals surface area contributed by atoms with Crippen LogP contribution in [0.3, 0.4) is 0 Å². The van der Waals surface area contributed by atoms with Crippen LogP contribution in [0.2, 0.25) is 0 Å². The van der Waals surface area contributed by atoms with Crippen molar-refractivity contribution in [1.29, 1.82) is 0 Å². The number of ether oxygens (including phenoxy) is 2. The van der Waals surface area contributed by atoms with E-state index in [4.69, 9.17) is 14.0 Å². The SMILES string of the molecule is O=C(c1cc(OCc2ccccc2)cc(OCc2ccccc2)c1)C(O)S(=O)(=O)O.[NaH]. The van der Waals surface area contributed by atoms with Crippen LogP contribution in [0.15, 0.2) is 78.9 Å². The molecule has 1 unspecified atom stereocenters. The molecule has 0 fully saturated rings. The van der Waals surface area contributed by atoms with Crippen LogP contribution in [-0.4, -0.2) is 58.9 Å². The van der Waals surface area contributed by atoms with E-state index in [0.717, 1.165) is 11.1 Å². The summed E-state index contributed by atoms with van der Waals surface area (Å²) in [5, 5.41) is 9.64. The van der Waals surface area contributed by atoms with Crippen LogP contribution in [0.1, 0.15) is 21.5 Å². The van der Waals surface area contributed by atoms with Gasteiger partial charge in [-0.1, -0.05) is 60.7 Å². The van der Waals surface area contributed by atoms with Gasteiger partial charge >= 0.3 is 29.6 Å². The van der Waals surface area contributed by atoms with Gasteiger partial charge in [0.05, 0.1) is 0 Å². The minimum atomic E-state index is -4.96. The molecule has 0 bridgehead atoms. The first-order valence-corrected chi connectivity index (χ1v) is 10.5. The average Bonchev–Trinajstić information content (AvgIpc) is 2.76. The summed E-state index contributed by atoms with van der Waals surface area (Å²) < 4.78 is 42.7. The number of carbonyl (C=O) groups is 1. The third kappa shape index (κ3) is 7.46. The monoisotopic (exact) mass is 452 g/mol. The molecule has 1 atom stereocenters. The summed E-state index contributed by atoms with van der Waals surface area (Å²) in [4.78, 5) is 12.3. The molecule has 9 heteroatoms. The van der Waals surface area contributed by atoms with Crippen LogP contribution in [0.5, 0.6) is 11.5 Å². The van der Waals surface area contributed by atoms with Gasteiger partial charge in [-0.05, 0) is 23.3 Å². The molecule has 0 saturated heterocycles. The zero-order valence-electron chi connectivity index (χ0n) is 15.8. The molecule has 2 N–H and O–H groups in total. The first-order valence-electron chi connectivity index (χ1n) is 9.00. The van der Waals surface area contributed by atoms with Gasteiger partial charge in [0.15, 0.2) is 0 Å². The molecule has 0 aliphatic rings. The first-order chi connectivity index (χ1) is 14.3. The Balaban J connectivity index is 0.00000341. The number of ketones is 1. The molecule has 0 radical (unpaired) electrons. The third-order valence-corrected chi connectivity index (χ3v) is 4.95. The second-order valence-corrected chi connectivity index (χ2v) is 7.95. The van der Waals surface area contributed by atoms with E-state index in [9.17, 15) is 18.3 Å². The van der Waals surface area contributed by atoms with Crippen molar-refractivity contribution in [1.82, 2.24) is 0 Å². The minimum absolute atomic E-state index is 0. The fourth-order valence-electron chi connectivity index (χ4n) is 2.64. The van der Waals surface area contributed by atoms with Crippen molar-refractivity contribution < 1.29 is 32.3 Å². The zero-order valence-corrected chi connectivity index (χ0v) is 16.7. The quantitative estimate of drug-likeness (QED) is 0.292. The molecule has 0 amide bonds. The number of aliphatic hydroxyl groups excluding tert-OH is 1. The molecule has 3 aromatic rings. The van der Waals surface area contributed by atoms with Gasteiger partial charge in [0.1, 0.15) is 24.7 Å². The van der Waals surface area contributed by atoms with Crippen LogP contribution in [0.25, 0.3) is 0 Å². The Hall–Kier alpha value is -2.20. The predicted octanol–water partition coefficient (Wildman–Crippen LogP) is 2.59. The Morgan fingerprint density at radius 3 is 1.61 bits per heavy atom. The van der Waals surface area contributed by atoms with E-state index in [-0.39, 0.29) is 59.8 Å². The number of rotatable bonds is 9. The molecule has 3 rings (SSSR count). The maximum atomic E-state index is 12.3. The number of carbonyl (C=O) groups excluding carboxylic acids is 1. The van der Waals surface area contributed by atoms with E-state index in [1.54, 1.807) is 6.07 Å². The van der Waals surface area contributed by atoms with Crippen LogP contribution >= 0.6 is 0 Å². The summed E-state index contributed by atoms with van der Waals surface area (Å²) in [5.41, 5.74) is -0.990. The van der Waals surface area contributed by atoms with Crippen LogP contribution < -0.4 is 9.47 Å². The molecule has 0 aliphatic carbocycles. The summed E-state index contributed by atoms with van der Waals surface area (Å²) >= 11 is 0. The molecule has 0 aromatic heterocycles. The Kier molecular flexibility index (Phi) is 9.24. The van der Waals surface area contributed by atoms with Gasteiger partial charge in [0, 0.05) is 11.6 Å². The van der Waals surface area contributed by atoms with Crippen LogP contribution in [0, 0.1) is 0 Å². The Bertz CT molecular complexity index is 1040. The molecular weight excluding hydrogens is 431 g/mol. The number of Topliss-reactive ketones (excluding diaryl/α,β-unsaturated/α-hetero) is 1. The van der Waals surface area contributed by atoms with Gasteiger partial charge in [0.2, 0.25) is 11.2 Å². The average molecular weight is 452 g/mol. The zero-order chi connectivity index (χ0) is 21.6. The second-order valence-electron chi connectivity index (χ2n) is 6.47. The van der Waals surface area contributed by atoms with Gasteiger partial charge in [-0.2, -0.15) is 8.42 Å². The summed E-state index contributed by atoms with van der Waals surface area (Å²) in [6.07, 6.45) is 0. The van der Waals surface area contributed by atoms with Crippen molar-refractivity contribution in [2.45, 2.75) is 18.6 Å². The number of benzene rings is 3. The summed E-state index contributed by atoms with van der Waals surface area (Å²) in [5.74, 6) is -0.696. The molecule has 31 heavy (non-hydrogen) atoms. The molecule has 7 nitrogen and oxygen atoms in total. The third-order valence-electron chi connectivity index (χ3n) is 4.17. The number of aliphatic hydroxyl groups is 1. The van der Waals surface area contributed by atoms with Crippen LogP contribution in [-0.2, 0) is 23.3 Å². The molecule has 0 saturated carbocycles. The van der Waals surface area contributed by atoms with Crippen molar-refractivity contribution >= 4 is 45.5 Å². The number of hydrogen-bond donors (Lipinski definition) is 2. The van der Waals surface area contributed by atoms with Crippen LogP contribution in [0.4, 0.5) is 0 Å². The Morgan fingerprint density at radius 2 is 1.23 bits per heavy atom. The van der Waals surface area contributed by atoms with E-state index in [1.165, 1.54) is 12.1 Å². The molecule has 0 heterocycles. The molecule has 158 valence electrons. The topological polar surface area (TPSA) is 110 Å². The van der Waals surface area contributed by atoms with Crippen molar-refractivity contribution in [2.75, 3.05) is 0 Å². The molecular formula is C22H21NaO7S. The van der Waals surface area contributed by atoms with Gasteiger partial charge in [-0.15, -0.1) is 0 Å². The van der Waals surface area contributed by atoms with Gasteiger partial charge in [-0.3, -0.25) is 9.35 Å². The van der Waals surface area contributed by atoms with Gasteiger partial charge < -0.3 is 14.6 Å². The Morgan fingerprint density at radius 1 is 0.806 bits per heavy atom. The fraction of sp³-hybridized carbons (Fsp3) is 0.136. The van der Waals surface area contributed by atoms with E-state index in [1.807, 2.05) is 60.7 Å². The molecule has 0 spiro atoms. The van der Waals surface area contributed by atoms with Gasteiger partial charge in [-0.25, -0.2) is 0 Å². The van der Waals surface area contributed by atoms with E-state index >= 15 is 0 Å².